The monoisotopic (exact) mass is 505 g/mol. The zero-order valence-electron chi connectivity index (χ0n) is 19.2. The van der Waals surface area contributed by atoms with Gasteiger partial charge in [-0.05, 0) is 92.1 Å². The molecule has 5 rings (SSSR count). The predicted molar refractivity (Wildman–Crippen MR) is 126 cm³/mol. The number of amides is 2. The number of carbonyl (C=O) groups excluding carboxylic acids is 2. The minimum absolute atomic E-state index is 0.0129. The van der Waals surface area contributed by atoms with Gasteiger partial charge in [0.15, 0.2) is 0 Å². The first-order valence-corrected chi connectivity index (χ1v) is 12.3. The predicted octanol–water partition coefficient (Wildman–Crippen LogP) is 4.99. The van der Waals surface area contributed by atoms with Gasteiger partial charge in [-0.1, -0.05) is 17.7 Å². The van der Waals surface area contributed by atoms with Crippen LogP contribution < -0.4 is 10.6 Å². The number of benzene rings is 2. The summed E-state index contributed by atoms with van der Waals surface area (Å²) in [7, 11) is 0. The standard InChI is InChI=1S/C26H27ClF3N3O2/c27-21-5-4-18(26(28,29)30)14-20(21)23(34)32-22-6-3-16-1-2-17(13-19(16)22)24(35)33-12-9-25(15-33)7-10-31-11-8-25/h1-2,4-5,13-14,22,31H,3,6-12,15H2,(H,32,34). The maximum atomic E-state index is 13.3. The molecule has 2 aromatic rings. The summed E-state index contributed by atoms with van der Waals surface area (Å²) in [5.41, 5.74) is 1.50. The van der Waals surface area contributed by atoms with Crippen molar-refractivity contribution in [1.82, 2.24) is 15.5 Å². The third kappa shape index (κ3) is 4.78. The van der Waals surface area contributed by atoms with Crippen LogP contribution >= 0.6 is 11.6 Å². The molecule has 2 aliphatic heterocycles. The van der Waals surface area contributed by atoms with Gasteiger partial charge in [-0.15, -0.1) is 0 Å². The Balaban J connectivity index is 1.32. The molecule has 0 aromatic heterocycles. The first kappa shape index (κ1) is 24.1. The van der Waals surface area contributed by atoms with Gasteiger partial charge in [0, 0.05) is 18.7 Å². The van der Waals surface area contributed by atoms with Crippen LogP contribution in [0.15, 0.2) is 36.4 Å². The molecule has 2 N–H and O–H groups in total. The summed E-state index contributed by atoms with van der Waals surface area (Å²) in [4.78, 5) is 28.1. The van der Waals surface area contributed by atoms with E-state index in [1.807, 2.05) is 23.1 Å². The largest absolute Gasteiger partial charge is 0.416 e. The lowest BCUT2D eigenvalue weighted by Gasteiger charge is -2.33. The molecule has 1 unspecified atom stereocenters. The molecule has 2 fully saturated rings. The number of halogens is 4. The summed E-state index contributed by atoms with van der Waals surface area (Å²) in [5, 5.41) is 6.17. The molecule has 2 amide bonds. The van der Waals surface area contributed by atoms with E-state index < -0.39 is 23.7 Å². The van der Waals surface area contributed by atoms with E-state index in [9.17, 15) is 22.8 Å². The number of rotatable bonds is 3. The van der Waals surface area contributed by atoms with Crippen molar-refractivity contribution in [3.05, 3.63) is 69.2 Å². The minimum atomic E-state index is -4.57. The van der Waals surface area contributed by atoms with Crippen molar-refractivity contribution in [2.24, 2.45) is 5.41 Å². The Labute approximate surface area is 207 Å². The van der Waals surface area contributed by atoms with Crippen LogP contribution in [0.2, 0.25) is 5.02 Å². The maximum Gasteiger partial charge on any atom is 0.416 e. The molecule has 3 aliphatic rings. The van der Waals surface area contributed by atoms with Crippen molar-refractivity contribution in [1.29, 1.82) is 0 Å². The van der Waals surface area contributed by atoms with Gasteiger partial charge in [-0.25, -0.2) is 0 Å². The summed E-state index contributed by atoms with van der Waals surface area (Å²) in [5.74, 6) is -0.677. The summed E-state index contributed by atoms with van der Waals surface area (Å²) in [6.45, 7) is 3.47. The van der Waals surface area contributed by atoms with Crippen LogP contribution in [0.1, 0.15) is 69.1 Å². The fourth-order valence-corrected chi connectivity index (χ4v) is 5.86. The summed E-state index contributed by atoms with van der Waals surface area (Å²) in [6.07, 6.45) is -0.0840. The normalized spacial score (nSPS) is 21.3. The first-order chi connectivity index (χ1) is 16.7. The number of piperidine rings is 1. The first-order valence-electron chi connectivity index (χ1n) is 12.0. The number of hydrogen-bond donors (Lipinski definition) is 2. The third-order valence-corrected chi connectivity index (χ3v) is 8.03. The molecule has 186 valence electrons. The van der Waals surface area contributed by atoms with Crippen molar-refractivity contribution in [3.8, 4) is 0 Å². The summed E-state index contributed by atoms with van der Waals surface area (Å²) >= 11 is 6.05. The van der Waals surface area contributed by atoms with Gasteiger partial charge < -0.3 is 15.5 Å². The van der Waals surface area contributed by atoms with Gasteiger partial charge in [0.1, 0.15) is 0 Å². The molecule has 2 saturated heterocycles. The number of fused-ring (bicyclic) bond motifs is 1. The molecule has 2 heterocycles. The van der Waals surface area contributed by atoms with Gasteiger partial charge in [0.2, 0.25) is 0 Å². The fraction of sp³-hybridized carbons (Fsp3) is 0.462. The Kier molecular flexibility index (Phi) is 6.30. The van der Waals surface area contributed by atoms with Crippen molar-refractivity contribution >= 4 is 23.4 Å². The lowest BCUT2D eigenvalue weighted by molar-refractivity contribution is -0.137. The Morgan fingerprint density at radius 3 is 2.60 bits per heavy atom. The Bertz CT molecular complexity index is 1160. The fourth-order valence-electron chi connectivity index (χ4n) is 5.65. The number of nitrogens with zero attached hydrogens (tertiary/aromatic N) is 1. The van der Waals surface area contributed by atoms with Crippen molar-refractivity contribution in [3.63, 3.8) is 0 Å². The lowest BCUT2D eigenvalue weighted by Crippen LogP contribution is -2.39. The molecule has 2 aromatic carbocycles. The average molecular weight is 506 g/mol. The molecule has 1 spiro atoms. The molecular weight excluding hydrogens is 479 g/mol. The van der Waals surface area contributed by atoms with Crippen LogP contribution in [0.3, 0.4) is 0 Å². The highest BCUT2D eigenvalue weighted by Gasteiger charge is 2.41. The number of alkyl halides is 3. The number of aryl methyl sites for hydroxylation is 1. The van der Waals surface area contributed by atoms with Crippen LogP contribution in [0, 0.1) is 5.41 Å². The van der Waals surface area contributed by atoms with E-state index in [2.05, 4.69) is 10.6 Å². The molecule has 9 heteroatoms. The maximum absolute atomic E-state index is 13.3. The number of nitrogens with one attached hydrogen (secondary N) is 2. The molecule has 5 nitrogen and oxygen atoms in total. The van der Waals surface area contributed by atoms with Crippen LogP contribution in [-0.2, 0) is 12.6 Å². The molecular formula is C26H27ClF3N3O2. The average Bonchev–Trinajstić information content (AvgIpc) is 3.42. The molecule has 1 aliphatic carbocycles. The van der Waals surface area contributed by atoms with E-state index in [1.165, 1.54) is 0 Å². The highest BCUT2D eigenvalue weighted by molar-refractivity contribution is 6.33. The van der Waals surface area contributed by atoms with Crippen molar-refractivity contribution in [2.45, 2.75) is 44.3 Å². The Morgan fingerprint density at radius 1 is 1.09 bits per heavy atom. The van der Waals surface area contributed by atoms with Crippen LogP contribution in [-0.4, -0.2) is 42.9 Å². The summed E-state index contributed by atoms with van der Waals surface area (Å²) in [6, 6.07) is 7.90. The molecule has 35 heavy (non-hydrogen) atoms. The second-order valence-electron chi connectivity index (χ2n) is 9.90. The summed E-state index contributed by atoms with van der Waals surface area (Å²) < 4.78 is 39.3. The van der Waals surface area contributed by atoms with Gasteiger partial charge in [0.05, 0.1) is 22.2 Å². The van der Waals surface area contributed by atoms with E-state index in [0.29, 0.717) is 18.4 Å². The zero-order valence-corrected chi connectivity index (χ0v) is 19.9. The highest BCUT2D eigenvalue weighted by atomic mass is 35.5. The molecule has 0 radical (unpaired) electrons. The van der Waals surface area contributed by atoms with Crippen LogP contribution in [0.4, 0.5) is 13.2 Å². The Hall–Kier alpha value is -2.58. The van der Waals surface area contributed by atoms with E-state index in [4.69, 9.17) is 11.6 Å². The van der Waals surface area contributed by atoms with Crippen molar-refractivity contribution < 1.29 is 22.8 Å². The van der Waals surface area contributed by atoms with Gasteiger partial charge >= 0.3 is 6.18 Å². The van der Waals surface area contributed by atoms with E-state index in [0.717, 1.165) is 74.8 Å². The topological polar surface area (TPSA) is 61.4 Å². The van der Waals surface area contributed by atoms with Crippen LogP contribution in [0.25, 0.3) is 0 Å². The van der Waals surface area contributed by atoms with E-state index >= 15 is 0 Å². The van der Waals surface area contributed by atoms with Gasteiger partial charge in [0.25, 0.3) is 11.8 Å². The lowest BCUT2D eigenvalue weighted by atomic mass is 9.78. The molecule has 0 saturated carbocycles. The highest BCUT2D eigenvalue weighted by Crippen LogP contribution is 2.40. The third-order valence-electron chi connectivity index (χ3n) is 7.70. The number of carbonyl (C=O) groups is 2. The van der Waals surface area contributed by atoms with Gasteiger partial charge in [-0.3, -0.25) is 9.59 Å². The number of likely N-dealkylation sites (tertiary alicyclic amines) is 1. The molecule has 0 bridgehead atoms. The minimum Gasteiger partial charge on any atom is -0.345 e. The van der Waals surface area contributed by atoms with E-state index in [1.54, 1.807) is 0 Å². The molecule has 1 atom stereocenters. The SMILES string of the molecule is O=C(NC1CCc2ccc(C(=O)N3CCC4(CCNCC4)C3)cc21)c1cc(C(F)(F)F)ccc1Cl. The second-order valence-corrected chi connectivity index (χ2v) is 10.3. The zero-order chi connectivity index (χ0) is 24.8. The Morgan fingerprint density at radius 2 is 1.86 bits per heavy atom. The van der Waals surface area contributed by atoms with Gasteiger partial charge in [-0.2, -0.15) is 13.2 Å². The smallest absolute Gasteiger partial charge is 0.345 e. The number of hydrogen-bond acceptors (Lipinski definition) is 3. The quantitative estimate of drug-likeness (QED) is 0.617. The van der Waals surface area contributed by atoms with Crippen LogP contribution in [0.5, 0.6) is 0 Å². The second kappa shape index (κ2) is 9.13. The van der Waals surface area contributed by atoms with E-state index in [-0.39, 0.29) is 21.9 Å². The van der Waals surface area contributed by atoms with Crippen molar-refractivity contribution in [2.75, 3.05) is 26.2 Å².